The van der Waals surface area contributed by atoms with Crippen molar-refractivity contribution in [1.82, 2.24) is 0 Å². The van der Waals surface area contributed by atoms with Crippen LogP contribution < -0.4 is 0 Å². The van der Waals surface area contributed by atoms with Crippen LogP contribution in [0.15, 0.2) is 23.7 Å². The Balaban J connectivity index is 4.43. The van der Waals surface area contributed by atoms with Crippen molar-refractivity contribution in [2.45, 2.75) is 38.0 Å². The Morgan fingerprint density at radius 1 is 0.615 bits per heavy atom. The highest BCUT2D eigenvalue weighted by atomic mass is 19.4. The molecule has 0 aliphatic heterocycles. The number of esters is 2. The third-order valence-electron chi connectivity index (χ3n) is 2.30. The summed E-state index contributed by atoms with van der Waals surface area (Å²) in [5.41, 5.74) is 0. The smallest absolute Gasteiger partial charge is 0.415 e. The molecule has 0 aromatic rings. The van der Waals surface area contributed by atoms with Crippen LogP contribution in [0.1, 0.15) is 25.7 Å². The lowest BCUT2D eigenvalue weighted by Crippen LogP contribution is -2.20. The molecule has 0 N–H and O–H groups in total. The zero-order chi connectivity index (χ0) is 20.7. The predicted octanol–water partition coefficient (Wildman–Crippen LogP) is 4.97. The number of allylic oxidation sites excluding steroid dienone is 2. The van der Waals surface area contributed by atoms with Crippen molar-refractivity contribution in [2.24, 2.45) is 0 Å². The summed E-state index contributed by atoms with van der Waals surface area (Å²) in [6.45, 7) is 0. The molecule has 0 unspecified atom stereocenters. The van der Waals surface area contributed by atoms with Gasteiger partial charge < -0.3 is 9.47 Å². The standard InChI is InChI=1S/C12H8F10O4/c13-9(14)7(11(17,18)19)25-5(23)3-1-2-4-6(24)26-8(10(15)16)12(20,21)22/h1-4H2. The van der Waals surface area contributed by atoms with E-state index in [9.17, 15) is 53.5 Å². The molecule has 0 bridgehead atoms. The Bertz CT molecular complexity index is 528. The zero-order valence-corrected chi connectivity index (χ0v) is 12.2. The first-order valence-electron chi connectivity index (χ1n) is 6.32. The van der Waals surface area contributed by atoms with Crippen LogP contribution in [0.5, 0.6) is 0 Å². The minimum Gasteiger partial charge on any atom is -0.415 e. The van der Waals surface area contributed by atoms with Gasteiger partial charge in [0.05, 0.1) is 0 Å². The van der Waals surface area contributed by atoms with Crippen molar-refractivity contribution < 1.29 is 63.0 Å². The summed E-state index contributed by atoms with van der Waals surface area (Å²) in [6.07, 6.45) is -20.6. The quantitative estimate of drug-likeness (QED) is 0.259. The number of alkyl halides is 6. The number of hydrogen-bond acceptors (Lipinski definition) is 4. The molecule has 0 aromatic heterocycles. The lowest BCUT2D eigenvalue weighted by Gasteiger charge is -2.11. The van der Waals surface area contributed by atoms with Crippen molar-refractivity contribution in [1.29, 1.82) is 0 Å². The van der Waals surface area contributed by atoms with Gasteiger partial charge in [0, 0.05) is 12.8 Å². The molecule has 0 spiro atoms. The number of carbonyl (C=O) groups excluding carboxylic acids is 2. The topological polar surface area (TPSA) is 52.6 Å². The monoisotopic (exact) mass is 406 g/mol. The fourth-order valence-electron chi connectivity index (χ4n) is 1.28. The van der Waals surface area contributed by atoms with Gasteiger partial charge in [0.25, 0.3) is 11.5 Å². The molecule has 0 radical (unpaired) electrons. The second-order valence-corrected chi connectivity index (χ2v) is 4.33. The molecule has 0 amide bonds. The van der Waals surface area contributed by atoms with Gasteiger partial charge in [0.15, 0.2) is 0 Å². The molecule has 4 nitrogen and oxygen atoms in total. The largest absolute Gasteiger partial charge is 0.455 e. The van der Waals surface area contributed by atoms with E-state index in [2.05, 4.69) is 9.47 Å². The number of hydrogen-bond donors (Lipinski definition) is 0. The van der Waals surface area contributed by atoms with E-state index in [0.717, 1.165) is 0 Å². The van der Waals surface area contributed by atoms with Crippen LogP contribution in [0.4, 0.5) is 43.9 Å². The van der Waals surface area contributed by atoms with Crippen molar-refractivity contribution in [3.8, 4) is 0 Å². The third kappa shape index (κ3) is 8.71. The number of rotatable bonds is 7. The molecular formula is C12H8F10O4. The van der Waals surface area contributed by atoms with Gasteiger partial charge in [0.2, 0.25) is 0 Å². The van der Waals surface area contributed by atoms with Crippen LogP contribution in [0.25, 0.3) is 0 Å². The normalized spacial score (nSPS) is 11.6. The molecule has 26 heavy (non-hydrogen) atoms. The Morgan fingerprint density at radius 2 is 0.885 bits per heavy atom. The van der Waals surface area contributed by atoms with Crippen molar-refractivity contribution in [3.05, 3.63) is 23.7 Å². The van der Waals surface area contributed by atoms with E-state index in [1.165, 1.54) is 0 Å². The average Bonchev–Trinajstić information content (AvgIpc) is 2.43. The third-order valence-corrected chi connectivity index (χ3v) is 2.30. The molecule has 0 aliphatic carbocycles. The molecule has 0 rings (SSSR count). The van der Waals surface area contributed by atoms with E-state index in [0.29, 0.717) is 0 Å². The summed E-state index contributed by atoms with van der Waals surface area (Å²) in [5, 5.41) is 0. The molecule has 0 aliphatic rings. The molecule has 0 fully saturated rings. The van der Waals surface area contributed by atoms with E-state index in [1.54, 1.807) is 0 Å². The molecule has 0 heterocycles. The Kier molecular flexibility index (Phi) is 8.60. The molecule has 150 valence electrons. The fraction of sp³-hybridized carbons (Fsp3) is 0.500. The summed E-state index contributed by atoms with van der Waals surface area (Å²) in [6, 6.07) is 0. The van der Waals surface area contributed by atoms with Crippen LogP contribution in [-0.2, 0) is 19.1 Å². The lowest BCUT2D eigenvalue weighted by molar-refractivity contribution is -0.164. The fourth-order valence-corrected chi connectivity index (χ4v) is 1.28. The van der Waals surface area contributed by atoms with E-state index < -0.39 is 73.7 Å². The van der Waals surface area contributed by atoms with Gasteiger partial charge in [-0.25, -0.2) is 0 Å². The SMILES string of the molecule is O=C(CCCCC(=O)OC(=C(F)F)C(F)(F)F)OC(=C(F)F)C(F)(F)F. The maximum absolute atomic E-state index is 12.1. The first kappa shape index (κ1) is 23.7. The van der Waals surface area contributed by atoms with Gasteiger partial charge in [-0.1, -0.05) is 0 Å². The molecule has 0 saturated heterocycles. The highest BCUT2D eigenvalue weighted by molar-refractivity contribution is 5.72. The minimum absolute atomic E-state index is 0.476. The minimum atomic E-state index is -5.63. The maximum atomic E-state index is 12.1. The van der Waals surface area contributed by atoms with E-state index in [4.69, 9.17) is 0 Å². The van der Waals surface area contributed by atoms with Crippen molar-refractivity contribution in [3.63, 3.8) is 0 Å². The number of halogens is 10. The van der Waals surface area contributed by atoms with Gasteiger partial charge in [-0.15, -0.1) is 0 Å². The molecule has 0 saturated carbocycles. The zero-order valence-electron chi connectivity index (χ0n) is 12.2. The van der Waals surface area contributed by atoms with Gasteiger partial charge in [0.1, 0.15) is 0 Å². The van der Waals surface area contributed by atoms with Crippen molar-refractivity contribution in [2.75, 3.05) is 0 Å². The van der Waals surface area contributed by atoms with Crippen molar-refractivity contribution >= 4 is 11.9 Å². The first-order chi connectivity index (χ1) is 11.7. The van der Waals surface area contributed by atoms with E-state index in [-0.39, 0.29) is 0 Å². The van der Waals surface area contributed by atoms with Gasteiger partial charge in [-0.3, -0.25) is 9.59 Å². The average molecular weight is 406 g/mol. The summed E-state index contributed by atoms with van der Waals surface area (Å²) in [4.78, 5) is 22.0. The van der Waals surface area contributed by atoms with Crippen LogP contribution in [0.3, 0.4) is 0 Å². The lowest BCUT2D eigenvalue weighted by atomic mass is 10.2. The maximum Gasteiger partial charge on any atom is 0.455 e. The Morgan fingerprint density at radius 3 is 1.08 bits per heavy atom. The second kappa shape index (κ2) is 9.43. The van der Waals surface area contributed by atoms with Crippen LogP contribution >= 0.6 is 0 Å². The van der Waals surface area contributed by atoms with Gasteiger partial charge in [-0.05, 0) is 12.8 Å². The number of carbonyl (C=O) groups is 2. The first-order valence-corrected chi connectivity index (χ1v) is 6.32. The summed E-state index contributed by atoms with van der Waals surface area (Å²) in [7, 11) is 0. The molecule has 14 heteroatoms. The number of unbranched alkanes of at least 4 members (excludes halogenated alkanes) is 1. The van der Waals surface area contributed by atoms with Gasteiger partial charge in [-0.2, -0.15) is 43.9 Å². The predicted molar refractivity (Wildman–Crippen MR) is 61.2 cm³/mol. The van der Waals surface area contributed by atoms with Crippen LogP contribution in [0, 0.1) is 0 Å². The Labute approximate surface area is 138 Å². The van der Waals surface area contributed by atoms with Gasteiger partial charge >= 0.3 is 36.5 Å². The molecular weight excluding hydrogens is 398 g/mol. The van der Waals surface area contributed by atoms with Crippen LogP contribution in [0.2, 0.25) is 0 Å². The van der Waals surface area contributed by atoms with Crippen LogP contribution in [-0.4, -0.2) is 24.3 Å². The number of ether oxygens (including phenoxy) is 2. The Hall–Kier alpha value is -2.28. The van der Waals surface area contributed by atoms with E-state index in [1.807, 2.05) is 0 Å². The summed E-state index contributed by atoms with van der Waals surface area (Å²) < 4.78 is 127. The van der Waals surface area contributed by atoms with E-state index >= 15 is 0 Å². The summed E-state index contributed by atoms with van der Waals surface area (Å²) >= 11 is 0. The second-order valence-electron chi connectivity index (χ2n) is 4.33. The molecule has 0 aromatic carbocycles. The molecule has 0 atom stereocenters. The highest BCUT2D eigenvalue weighted by Crippen LogP contribution is 2.32. The highest BCUT2D eigenvalue weighted by Gasteiger charge is 2.42. The summed E-state index contributed by atoms with van der Waals surface area (Å²) in [5.74, 6) is -9.13.